The number of hydrogen-bond donors (Lipinski definition) is 0. The van der Waals surface area contributed by atoms with Gasteiger partial charge >= 0.3 is 6.09 Å². The highest BCUT2D eigenvalue weighted by Gasteiger charge is 2.41. The fourth-order valence-corrected chi connectivity index (χ4v) is 3.95. The first-order chi connectivity index (χ1) is 11.2. The highest BCUT2D eigenvalue weighted by Crippen LogP contribution is 2.49. The van der Waals surface area contributed by atoms with Crippen LogP contribution in [0, 0.1) is 0 Å². The zero-order chi connectivity index (χ0) is 15.8. The molecule has 1 saturated heterocycles. The van der Waals surface area contributed by atoms with Crippen molar-refractivity contribution in [3.63, 3.8) is 0 Å². The standard InChI is InChI=1S/C19H18ClNO2/c20-15-6-7-16-14-8-9-21(18(10-14)17(16)11-15)19(22)23-12-13-4-2-1-3-5-13/h1-7,11,14,18H,8-10,12H2/t14?,18-/m1/s1. The van der Waals surface area contributed by atoms with Crippen molar-refractivity contribution in [3.8, 4) is 0 Å². The summed E-state index contributed by atoms with van der Waals surface area (Å²) in [5.74, 6) is 0.547. The van der Waals surface area contributed by atoms with E-state index in [1.807, 2.05) is 47.4 Å². The molecule has 1 heterocycles. The summed E-state index contributed by atoms with van der Waals surface area (Å²) in [4.78, 5) is 14.4. The third-order valence-corrected chi connectivity index (χ3v) is 5.12. The van der Waals surface area contributed by atoms with Crippen LogP contribution in [0.15, 0.2) is 48.5 Å². The summed E-state index contributed by atoms with van der Waals surface area (Å²) in [6, 6.07) is 15.9. The van der Waals surface area contributed by atoms with E-state index in [1.165, 1.54) is 11.1 Å². The number of carbonyl (C=O) groups excluding carboxylic acids is 1. The number of halogens is 1. The van der Waals surface area contributed by atoms with Gasteiger partial charge in [0.05, 0.1) is 6.04 Å². The zero-order valence-electron chi connectivity index (χ0n) is 12.7. The lowest BCUT2D eigenvalue weighted by molar-refractivity contribution is 0.0694. The maximum atomic E-state index is 12.5. The minimum absolute atomic E-state index is 0.103. The second-order valence-electron chi connectivity index (χ2n) is 6.24. The molecular formula is C19H18ClNO2. The largest absolute Gasteiger partial charge is 0.445 e. The summed E-state index contributed by atoms with van der Waals surface area (Å²) in [6.07, 6.45) is 1.74. The van der Waals surface area contributed by atoms with E-state index in [2.05, 4.69) is 6.07 Å². The van der Waals surface area contributed by atoms with Crippen LogP contribution >= 0.6 is 11.6 Å². The Labute approximate surface area is 140 Å². The number of ether oxygens (including phenoxy) is 1. The Morgan fingerprint density at radius 1 is 1.17 bits per heavy atom. The predicted octanol–water partition coefficient (Wildman–Crippen LogP) is 4.91. The van der Waals surface area contributed by atoms with Crippen LogP contribution in [0.3, 0.4) is 0 Å². The smallest absolute Gasteiger partial charge is 0.410 e. The fourth-order valence-electron chi connectivity index (χ4n) is 3.77. The molecule has 1 fully saturated rings. The molecule has 1 unspecified atom stereocenters. The van der Waals surface area contributed by atoms with Crippen molar-refractivity contribution in [2.45, 2.75) is 31.4 Å². The molecule has 1 amide bonds. The van der Waals surface area contributed by atoms with Gasteiger partial charge < -0.3 is 9.64 Å². The van der Waals surface area contributed by atoms with Crippen LogP contribution in [-0.2, 0) is 11.3 Å². The molecule has 2 atom stereocenters. The molecular weight excluding hydrogens is 310 g/mol. The lowest BCUT2D eigenvalue weighted by Crippen LogP contribution is -2.37. The summed E-state index contributed by atoms with van der Waals surface area (Å²) < 4.78 is 5.52. The summed E-state index contributed by atoms with van der Waals surface area (Å²) in [5, 5.41) is 0.730. The summed E-state index contributed by atoms with van der Waals surface area (Å²) in [7, 11) is 0. The molecule has 23 heavy (non-hydrogen) atoms. The predicted molar refractivity (Wildman–Crippen MR) is 89.5 cm³/mol. The first-order valence-electron chi connectivity index (χ1n) is 7.99. The van der Waals surface area contributed by atoms with Gasteiger partial charge in [0.15, 0.2) is 0 Å². The fraction of sp³-hybridized carbons (Fsp3) is 0.316. The number of carbonyl (C=O) groups is 1. The number of piperidine rings is 1. The van der Waals surface area contributed by atoms with E-state index in [9.17, 15) is 4.79 Å². The van der Waals surface area contributed by atoms with Crippen LogP contribution in [0.2, 0.25) is 5.02 Å². The van der Waals surface area contributed by atoms with Crippen LogP contribution in [0.4, 0.5) is 4.79 Å². The van der Waals surface area contributed by atoms with Crippen molar-refractivity contribution >= 4 is 17.7 Å². The summed E-state index contributed by atoms with van der Waals surface area (Å²) >= 11 is 6.15. The Bertz CT molecular complexity index is 731. The SMILES string of the molecule is O=C(OCc1ccccc1)N1CCC2C[C@@H]1c1cc(Cl)ccc12. The molecule has 4 heteroatoms. The molecule has 1 aliphatic carbocycles. The third kappa shape index (κ3) is 2.70. The molecule has 3 nitrogen and oxygen atoms in total. The van der Waals surface area contributed by atoms with Crippen LogP contribution < -0.4 is 0 Å². The topological polar surface area (TPSA) is 29.5 Å². The van der Waals surface area contributed by atoms with Crippen LogP contribution in [0.1, 0.15) is 41.5 Å². The highest BCUT2D eigenvalue weighted by atomic mass is 35.5. The van der Waals surface area contributed by atoms with Crippen LogP contribution in [0.5, 0.6) is 0 Å². The summed E-state index contributed by atoms with van der Waals surface area (Å²) in [5.41, 5.74) is 3.54. The van der Waals surface area contributed by atoms with Crippen molar-refractivity contribution in [1.29, 1.82) is 0 Å². The number of nitrogens with zero attached hydrogens (tertiary/aromatic N) is 1. The lowest BCUT2D eigenvalue weighted by atomic mass is 9.96. The first kappa shape index (κ1) is 14.6. The Kier molecular flexibility index (Phi) is 3.74. The van der Waals surface area contributed by atoms with E-state index in [0.717, 1.165) is 30.0 Å². The number of fused-ring (bicyclic) bond motifs is 5. The third-order valence-electron chi connectivity index (χ3n) is 4.89. The average Bonchev–Trinajstić information content (AvgIpc) is 2.86. The van der Waals surface area contributed by atoms with Crippen molar-refractivity contribution in [1.82, 2.24) is 4.90 Å². The van der Waals surface area contributed by atoms with Crippen molar-refractivity contribution in [2.75, 3.05) is 6.54 Å². The van der Waals surface area contributed by atoms with E-state index in [-0.39, 0.29) is 12.1 Å². The molecule has 2 bridgehead atoms. The first-order valence-corrected chi connectivity index (χ1v) is 8.37. The van der Waals surface area contributed by atoms with Crippen molar-refractivity contribution in [2.24, 2.45) is 0 Å². The van der Waals surface area contributed by atoms with Crippen LogP contribution in [0.25, 0.3) is 0 Å². The maximum absolute atomic E-state index is 12.5. The van der Waals surface area contributed by atoms with Gasteiger partial charge in [-0.1, -0.05) is 48.0 Å². The number of rotatable bonds is 2. The Morgan fingerprint density at radius 3 is 2.83 bits per heavy atom. The molecule has 0 radical (unpaired) electrons. The van der Waals surface area contributed by atoms with E-state index in [4.69, 9.17) is 16.3 Å². The second-order valence-corrected chi connectivity index (χ2v) is 6.68. The highest BCUT2D eigenvalue weighted by molar-refractivity contribution is 6.30. The minimum atomic E-state index is -0.231. The van der Waals surface area contributed by atoms with Gasteiger partial charge in [0.25, 0.3) is 0 Å². The normalized spacial score (nSPS) is 21.9. The Morgan fingerprint density at radius 2 is 2.00 bits per heavy atom. The van der Waals surface area contributed by atoms with Gasteiger partial charge in [-0.3, -0.25) is 0 Å². The Hall–Kier alpha value is -2.00. The van der Waals surface area contributed by atoms with Gasteiger partial charge in [-0.15, -0.1) is 0 Å². The number of likely N-dealkylation sites (tertiary alicyclic amines) is 1. The van der Waals surface area contributed by atoms with E-state index < -0.39 is 0 Å². The lowest BCUT2D eigenvalue weighted by Gasteiger charge is -2.32. The average molecular weight is 328 g/mol. The molecule has 0 aromatic heterocycles. The molecule has 1 aliphatic heterocycles. The molecule has 0 saturated carbocycles. The number of benzene rings is 2. The quantitative estimate of drug-likeness (QED) is 0.784. The minimum Gasteiger partial charge on any atom is -0.445 e. The van der Waals surface area contributed by atoms with E-state index >= 15 is 0 Å². The van der Waals surface area contributed by atoms with E-state index in [1.54, 1.807) is 0 Å². The van der Waals surface area contributed by atoms with E-state index in [0.29, 0.717) is 12.5 Å². The summed E-state index contributed by atoms with van der Waals surface area (Å²) in [6.45, 7) is 1.06. The molecule has 0 spiro atoms. The van der Waals surface area contributed by atoms with Gasteiger partial charge in [-0.05, 0) is 47.6 Å². The maximum Gasteiger partial charge on any atom is 0.410 e. The molecule has 118 valence electrons. The van der Waals surface area contributed by atoms with Gasteiger partial charge in [-0.2, -0.15) is 0 Å². The molecule has 2 aromatic rings. The monoisotopic (exact) mass is 327 g/mol. The Balaban J connectivity index is 1.50. The van der Waals surface area contributed by atoms with Gasteiger partial charge in [0.2, 0.25) is 0 Å². The van der Waals surface area contributed by atoms with Gasteiger partial charge in [-0.25, -0.2) is 4.79 Å². The molecule has 4 rings (SSSR count). The molecule has 2 aromatic carbocycles. The number of hydrogen-bond acceptors (Lipinski definition) is 2. The van der Waals surface area contributed by atoms with Gasteiger partial charge in [0.1, 0.15) is 6.61 Å². The van der Waals surface area contributed by atoms with Crippen molar-refractivity contribution in [3.05, 3.63) is 70.2 Å². The van der Waals surface area contributed by atoms with Gasteiger partial charge in [0, 0.05) is 11.6 Å². The molecule has 2 aliphatic rings. The zero-order valence-corrected chi connectivity index (χ0v) is 13.5. The number of amides is 1. The van der Waals surface area contributed by atoms with Crippen LogP contribution in [-0.4, -0.2) is 17.5 Å². The van der Waals surface area contributed by atoms with Crippen molar-refractivity contribution < 1.29 is 9.53 Å². The molecule has 0 N–H and O–H groups in total. The second kappa shape index (κ2) is 5.89.